The van der Waals surface area contributed by atoms with Crippen LogP contribution < -0.4 is 10.2 Å². The van der Waals surface area contributed by atoms with Gasteiger partial charge in [-0.25, -0.2) is 0 Å². The van der Waals surface area contributed by atoms with Crippen LogP contribution in [0.4, 0.5) is 5.69 Å². The highest BCUT2D eigenvalue weighted by molar-refractivity contribution is 5.92. The van der Waals surface area contributed by atoms with Gasteiger partial charge in [-0.15, -0.1) is 0 Å². The molecule has 0 aliphatic heterocycles. The molecule has 1 amide bonds. The normalized spacial score (nSPS) is 10.5. The van der Waals surface area contributed by atoms with Crippen LogP contribution in [0.15, 0.2) is 63.7 Å². The number of hydrogen-bond acceptors (Lipinski definition) is 5. The van der Waals surface area contributed by atoms with Gasteiger partial charge in [-0.05, 0) is 30.7 Å². The van der Waals surface area contributed by atoms with E-state index in [-0.39, 0.29) is 11.6 Å². The number of rotatable bonds is 7. The maximum atomic E-state index is 12.1. The summed E-state index contributed by atoms with van der Waals surface area (Å²) in [6.45, 7) is 1.42. The third-order valence-electron chi connectivity index (χ3n) is 3.66. The van der Waals surface area contributed by atoms with Crippen LogP contribution in [0.1, 0.15) is 16.9 Å². The van der Waals surface area contributed by atoms with Gasteiger partial charge in [-0.1, -0.05) is 23.4 Å². The molecule has 3 aromatic rings. The fourth-order valence-corrected chi connectivity index (χ4v) is 2.34. The number of aromatic nitrogens is 1. The molecule has 0 saturated heterocycles. The number of carbonyl (C=O) groups is 1. The van der Waals surface area contributed by atoms with Crippen LogP contribution in [0.25, 0.3) is 11.5 Å². The van der Waals surface area contributed by atoms with Crippen LogP contribution in [0.2, 0.25) is 0 Å². The molecule has 0 aliphatic rings. The first-order valence-electron chi connectivity index (χ1n) is 7.79. The lowest BCUT2D eigenvalue weighted by Crippen LogP contribution is -2.28. The largest absolute Gasteiger partial charge is 0.461 e. The second-order valence-corrected chi connectivity index (χ2v) is 5.42. The van der Waals surface area contributed by atoms with Gasteiger partial charge < -0.3 is 19.2 Å². The van der Waals surface area contributed by atoms with Crippen LogP contribution in [0, 0.1) is 0 Å². The zero-order valence-electron chi connectivity index (χ0n) is 13.4. The maximum Gasteiger partial charge on any atom is 0.273 e. The molecule has 6 nitrogen and oxygen atoms in total. The molecule has 6 heteroatoms. The Morgan fingerprint density at radius 1 is 1.17 bits per heavy atom. The molecule has 0 aliphatic carbocycles. The highest BCUT2D eigenvalue weighted by Crippen LogP contribution is 2.20. The summed E-state index contributed by atoms with van der Waals surface area (Å²) in [6.07, 6.45) is 2.38. The van der Waals surface area contributed by atoms with E-state index in [0.717, 1.165) is 18.7 Å². The van der Waals surface area contributed by atoms with Crippen molar-refractivity contribution in [1.82, 2.24) is 10.5 Å². The summed E-state index contributed by atoms with van der Waals surface area (Å²) >= 11 is 0. The van der Waals surface area contributed by atoms with Gasteiger partial charge in [-0.3, -0.25) is 4.79 Å². The number of furan rings is 1. The van der Waals surface area contributed by atoms with Crippen molar-refractivity contribution >= 4 is 11.6 Å². The lowest BCUT2D eigenvalue weighted by atomic mass is 10.2. The molecule has 0 atom stereocenters. The third-order valence-corrected chi connectivity index (χ3v) is 3.66. The van der Waals surface area contributed by atoms with Gasteiger partial charge in [0.15, 0.2) is 11.5 Å². The third kappa shape index (κ3) is 3.84. The summed E-state index contributed by atoms with van der Waals surface area (Å²) in [5.74, 6) is 0.735. The van der Waals surface area contributed by atoms with E-state index in [1.807, 2.05) is 25.2 Å². The fourth-order valence-electron chi connectivity index (χ4n) is 2.34. The first-order valence-corrected chi connectivity index (χ1v) is 7.79. The van der Waals surface area contributed by atoms with E-state index < -0.39 is 0 Å². The molecule has 0 fully saturated rings. The van der Waals surface area contributed by atoms with Crippen LogP contribution in [0.3, 0.4) is 0 Å². The zero-order chi connectivity index (χ0) is 16.8. The Balaban J connectivity index is 1.44. The quantitative estimate of drug-likeness (QED) is 0.676. The van der Waals surface area contributed by atoms with Crippen molar-refractivity contribution in [3.05, 3.63) is 60.5 Å². The first-order chi connectivity index (χ1) is 11.7. The maximum absolute atomic E-state index is 12.1. The molecule has 2 heterocycles. The lowest BCUT2D eigenvalue weighted by Gasteiger charge is -2.19. The van der Waals surface area contributed by atoms with E-state index in [1.165, 1.54) is 0 Å². The summed E-state index contributed by atoms with van der Waals surface area (Å²) < 4.78 is 10.3. The number of hydrogen-bond donors (Lipinski definition) is 1. The molecule has 1 N–H and O–H groups in total. The number of carbonyl (C=O) groups excluding carboxylic acids is 1. The summed E-state index contributed by atoms with van der Waals surface area (Å²) in [6, 6.07) is 15.2. The molecule has 0 saturated carbocycles. The van der Waals surface area contributed by atoms with Crippen molar-refractivity contribution in [1.29, 1.82) is 0 Å². The minimum absolute atomic E-state index is 0.248. The lowest BCUT2D eigenvalue weighted by molar-refractivity contribution is 0.0944. The van der Waals surface area contributed by atoms with Crippen molar-refractivity contribution in [2.24, 2.45) is 0 Å². The zero-order valence-corrected chi connectivity index (χ0v) is 13.4. The van der Waals surface area contributed by atoms with Crippen molar-refractivity contribution in [2.45, 2.75) is 6.42 Å². The second-order valence-electron chi connectivity index (χ2n) is 5.42. The van der Waals surface area contributed by atoms with Crippen LogP contribution >= 0.6 is 0 Å². The highest BCUT2D eigenvalue weighted by Gasteiger charge is 2.14. The number of para-hydroxylation sites is 1. The van der Waals surface area contributed by atoms with Crippen LogP contribution in [0.5, 0.6) is 0 Å². The van der Waals surface area contributed by atoms with E-state index in [1.54, 1.807) is 24.5 Å². The first kappa shape index (κ1) is 15.9. The molecule has 1 aromatic carbocycles. The molecule has 0 unspecified atom stereocenters. The number of amides is 1. The Hall–Kier alpha value is -3.02. The molecule has 0 radical (unpaired) electrons. The van der Waals surface area contributed by atoms with Gasteiger partial charge in [0, 0.05) is 31.9 Å². The van der Waals surface area contributed by atoms with E-state index in [9.17, 15) is 4.79 Å². The molecule has 3 rings (SSSR count). The van der Waals surface area contributed by atoms with E-state index in [4.69, 9.17) is 8.94 Å². The summed E-state index contributed by atoms with van der Waals surface area (Å²) in [7, 11) is 2.03. The number of anilines is 1. The Morgan fingerprint density at radius 3 is 2.75 bits per heavy atom. The highest BCUT2D eigenvalue weighted by atomic mass is 16.5. The Kier molecular flexibility index (Phi) is 4.96. The van der Waals surface area contributed by atoms with Gasteiger partial charge in [0.1, 0.15) is 0 Å². The average molecular weight is 325 g/mol. The van der Waals surface area contributed by atoms with Crippen molar-refractivity contribution in [3.63, 3.8) is 0 Å². The van der Waals surface area contributed by atoms with Crippen molar-refractivity contribution in [2.75, 3.05) is 25.0 Å². The summed E-state index contributed by atoms with van der Waals surface area (Å²) in [5, 5.41) is 6.62. The average Bonchev–Trinajstić information content (AvgIpc) is 3.30. The molecule has 0 spiro atoms. The van der Waals surface area contributed by atoms with Gasteiger partial charge in [0.05, 0.1) is 6.26 Å². The molecule has 2 aromatic heterocycles. The molecule has 0 bridgehead atoms. The minimum Gasteiger partial charge on any atom is -0.461 e. The van der Waals surface area contributed by atoms with Gasteiger partial charge in [-0.2, -0.15) is 0 Å². The molecular formula is C18H19N3O3. The summed E-state index contributed by atoms with van der Waals surface area (Å²) in [5.41, 5.74) is 1.40. The Morgan fingerprint density at radius 2 is 2.00 bits per heavy atom. The number of nitrogens with zero attached hydrogens (tertiary/aromatic N) is 2. The predicted octanol–water partition coefficient (Wildman–Crippen LogP) is 3.19. The molecule has 24 heavy (non-hydrogen) atoms. The van der Waals surface area contributed by atoms with Crippen molar-refractivity contribution in [3.8, 4) is 11.5 Å². The number of benzene rings is 1. The minimum atomic E-state index is -0.251. The van der Waals surface area contributed by atoms with Gasteiger partial charge >= 0.3 is 0 Å². The van der Waals surface area contributed by atoms with E-state index >= 15 is 0 Å². The van der Waals surface area contributed by atoms with Gasteiger partial charge in [0.2, 0.25) is 5.76 Å². The fraction of sp³-hybridized carbons (Fsp3) is 0.222. The Bertz CT molecular complexity index is 766. The smallest absolute Gasteiger partial charge is 0.273 e. The van der Waals surface area contributed by atoms with Gasteiger partial charge in [0.25, 0.3) is 5.91 Å². The van der Waals surface area contributed by atoms with E-state index in [2.05, 4.69) is 27.5 Å². The van der Waals surface area contributed by atoms with Crippen LogP contribution in [-0.4, -0.2) is 31.2 Å². The number of nitrogens with one attached hydrogen (secondary N) is 1. The SMILES string of the molecule is CN(CCCNC(=O)c1cc(-c2ccco2)on1)c1ccccc1. The summed E-state index contributed by atoms with van der Waals surface area (Å²) in [4.78, 5) is 14.2. The Labute approximate surface area is 140 Å². The molecular weight excluding hydrogens is 306 g/mol. The van der Waals surface area contributed by atoms with E-state index in [0.29, 0.717) is 18.1 Å². The standard InChI is InChI=1S/C18H19N3O3/c1-21(14-7-3-2-4-8-14)11-6-10-19-18(22)15-13-17(24-20-15)16-9-5-12-23-16/h2-5,7-9,12-13H,6,10-11H2,1H3,(H,19,22). The predicted molar refractivity (Wildman–Crippen MR) is 90.9 cm³/mol. The van der Waals surface area contributed by atoms with Crippen LogP contribution in [-0.2, 0) is 0 Å². The second kappa shape index (κ2) is 7.50. The van der Waals surface area contributed by atoms with Crippen molar-refractivity contribution < 1.29 is 13.7 Å². The topological polar surface area (TPSA) is 71.5 Å². The molecule has 124 valence electrons. The monoisotopic (exact) mass is 325 g/mol.